The molecule has 127 heavy (non-hydrogen) atoms. The minimum absolute atomic E-state index is 0.00697. The van der Waals surface area contributed by atoms with Gasteiger partial charge in [0.25, 0.3) is 0 Å². The molecule has 0 radical (unpaired) electrons. The number of halogens is 9. The molecule has 6 aliphatic heterocycles. The van der Waals surface area contributed by atoms with Crippen LogP contribution in [0.5, 0.6) is 52.9 Å². The van der Waals surface area contributed by atoms with Crippen LogP contribution in [0.25, 0.3) is 65.4 Å². The maximum Gasteiger partial charge on any atom is 0.319 e. The van der Waals surface area contributed by atoms with Gasteiger partial charge in [-0.2, -0.15) is 60.2 Å². The fourth-order valence-corrected chi connectivity index (χ4v) is 17.3. The van der Waals surface area contributed by atoms with Crippen LogP contribution in [0.2, 0.25) is 30.5 Å². The molecule has 0 spiro atoms. The molecule has 3 N–H and O–H groups in total. The van der Waals surface area contributed by atoms with Gasteiger partial charge in [-0.25, -0.2) is 13.2 Å². The van der Waals surface area contributed by atoms with Gasteiger partial charge < -0.3 is 77.1 Å². The number of amides is 3. The van der Waals surface area contributed by atoms with Gasteiger partial charge in [-0.3, -0.25) is 34.6 Å². The number of pyridine rings is 3. The number of aromatic nitrogens is 15. The first-order chi connectivity index (χ1) is 61.2. The average molecular weight is 1860 g/mol. The number of carbonyl (C=O) groups is 3. The summed E-state index contributed by atoms with van der Waals surface area (Å²) in [6.45, 7) is 25.0. The molecule has 3 amide bonds. The fourth-order valence-electron chi connectivity index (χ4n) is 16.1. The quantitative estimate of drug-likeness (QED) is 0.0419. The number of carbonyl (C=O) groups excluding carboxylic acids is 3. The molecule has 35 nitrogen and oxygen atoms in total. The third kappa shape index (κ3) is 18.9. The number of benzene rings is 3. The molecule has 15 heterocycles. The van der Waals surface area contributed by atoms with Gasteiger partial charge in [0, 0.05) is 135 Å². The molecule has 9 aromatic heterocycles. The highest BCUT2D eigenvalue weighted by molar-refractivity contribution is 6.35. The lowest BCUT2D eigenvalue weighted by atomic mass is 10.0. The number of likely N-dealkylation sites (N-methyl/N-ethyl adjacent to an activating group) is 3. The van der Waals surface area contributed by atoms with Gasteiger partial charge in [0.05, 0.1) is 86.7 Å². The SMILES string of the molecule is C=CC(=O)N1CCN(c2nc(OC3CN(C)C[C@H]3CC)nc3c(Oc4c(Cl)c(F)cc5[nH]ncc45)nc(Cl)cc23)CC1.C=CC(=O)N1CCN(c2nc(OC3COC[C@H]3N(C)C)nc3c(Oc4c(Cl)c(F)cc5[nH]ncc45)nc(Cl)cc23)CC1.C=CC(=O)N1CCN(c2nc(O[C@@H]3CN(C)C[C@H]3OCC)nc3c(Oc4c(Cl)c(F)cc5[nH]ncc45)nc(Cl)cc23)CC1. The molecule has 666 valence electrons. The Balaban J connectivity index is 0.000000140. The molecule has 6 atom stereocenters. The van der Waals surface area contributed by atoms with Crippen molar-refractivity contribution in [1.29, 1.82) is 0 Å². The maximum atomic E-state index is 14.7. The van der Waals surface area contributed by atoms with E-state index < -0.39 is 17.5 Å². The van der Waals surface area contributed by atoms with Crippen LogP contribution in [-0.2, 0) is 23.9 Å². The lowest BCUT2D eigenvalue weighted by Gasteiger charge is -2.35. The van der Waals surface area contributed by atoms with E-state index in [2.05, 4.69) is 94.0 Å². The number of piperazine rings is 3. The van der Waals surface area contributed by atoms with Crippen molar-refractivity contribution < 1.29 is 65.4 Å². The number of ether oxygens (including phenoxy) is 8. The summed E-state index contributed by atoms with van der Waals surface area (Å²) in [5, 5.41) is 22.7. The van der Waals surface area contributed by atoms with Crippen molar-refractivity contribution in [3.63, 3.8) is 0 Å². The largest absolute Gasteiger partial charge is 0.458 e. The predicted molar refractivity (Wildman–Crippen MR) is 473 cm³/mol. The molecule has 0 aliphatic carbocycles. The normalized spacial score (nSPS) is 19.4. The van der Waals surface area contributed by atoms with Crippen LogP contribution >= 0.6 is 69.6 Å². The van der Waals surface area contributed by atoms with Gasteiger partial charge in [-0.1, -0.05) is 96.3 Å². The van der Waals surface area contributed by atoms with Crippen molar-refractivity contribution in [2.75, 3.05) is 167 Å². The Morgan fingerprint density at radius 2 is 0.795 bits per heavy atom. The fraction of sp³-hybridized carbons (Fsp3) is 0.386. The van der Waals surface area contributed by atoms with Gasteiger partial charge in [-0.05, 0) is 78.0 Å². The number of nitrogens with one attached hydrogen (secondary N) is 3. The highest BCUT2D eigenvalue weighted by atomic mass is 35.5. The molecule has 12 aromatic rings. The van der Waals surface area contributed by atoms with Gasteiger partial charge in [0.15, 0.2) is 17.2 Å². The van der Waals surface area contributed by atoms with Crippen molar-refractivity contribution >= 4 is 170 Å². The first-order valence-electron chi connectivity index (χ1n) is 40.6. The Kier molecular flexibility index (Phi) is 26.9. The summed E-state index contributed by atoms with van der Waals surface area (Å²) >= 11 is 38.5. The van der Waals surface area contributed by atoms with Crippen LogP contribution < -0.4 is 43.1 Å². The summed E-state index contributed by atoms with van der Waals surface area (Å²) in [6.07, 6.45) is 8.36. The van der Waals surface area contributed by atoms with Crippen molar-refractivity contribution in [2.45, 2.75) is 50.7 Å². The van der Waals surface area contributed by atoms with E-state index in [4.69, 9.17) is 132 Å². The highest BCUT2D eigenvalue weighted by Crippen LogP contribution is 2.47. The Hall–Kier alpha value is -11.3. The van der Waals surface area contributed by atoms with Crippen molar-refractivity contribution in [2.24, 2.45) is 5.92 Å². The molecule has 18 rings (SSSR count). The van der Waals surface area contributed by atoms with E-state index in [-0.39, 0.29) is 143 Å². The Morgan fingerprint density at radius 3 is 1.14 bits per heavy atom. The van der Waals surface area contributed by atoms with E-state index in [1.807, 2.05) is 47.7 Å². The van der Waals surface area contributed by atoms with Crippen LogP contribution in [-0.4, -0.2) is 306 Å². The van der Waals surface area contributed by atoms with E-state index in [0.717, 1.165) is 19.5 Å². The molecule has 44 heteroatoms. The lowest BCUT2D eigenvalue weighted by Crippen LogP contribution is -2.48. The van der Waals surface area contributed by atoms with E-state index >= 15 is 0 Å². The number of H-pyrrole nitrogens is 3. The number of rotatable bonds is 22. The number of likely N-dealkylation sites (tertiary alicyclic amines) is 2. The molecule has 6 saturated heterocycles. The number of fused-ring (bicyclic) bond motifs is 6. The van der Waals surface area contributed by atoms with Crippen LogP contribution in [0.3, 0.4) is 0 Å². The first-order valence-corrected chi connectivity index (χ1v) is 42.8. The summed E-state index contributed by atoms with van der Waals surface area (Å²) in [5.74, 6) is -0.532. The van der Waals surface area contributed by atoms with Crippen molar-refractivity contribution in [3.05, 3.63) is 141 Å². The predicted octanol–water partition coefficient (Wildman–Crippen LogP) is 12.4. The Morgan fingerprint density at radius 1 is 0.457 bits per heavy atom. The molecule has 0 saturated carbocycles. The monoisotopic (exact) mass is 1860 g/mol. The van der Waals surface area contributed by atoms with Gasteiger partial charge in [0.1, 0.15) is 106 Å². The molecular formula is C83H85Cl6F3N24O11. The number of aromatic amines is 3. The smallest absolute Gasteiger partial charge is 0.319 e. The minimum atomic E-state index is -0.697. The summed E-state index contributed by atoms with van der Waals surface area (Å²) in [4.78, 5) is 95.9. The number of hydrogen-bond donors (Lipinski definition) is 3. The summed E-state index contributed by atoms with van der Waals surface area (Å²) < 4.78 is 93.3. The summed E-state index contributed by atoms with van der Waals surface area (Å²) in [7, 11) is 7.94. The molecule has 6 aliphatic rings. The van der Waals surface area contributed by atoms with E-state index in [0.29, 0.717) is 189 Å². The van der Waals surface area contributed by atoms with E-state index in [9.17, 15) is 27.6 Å². The van der Waals surface area contributed by atoms with Crippen LogP contribution in [0, 0.1) is 23.4 Å². The number of hydrogen-bond acceptors (Lipinski definition) is 29. The number of nitrogens with zero attached hydrogens (tertiary/aromatic N) is 21. The van der Waals surface area contributed by atoms with E-state index in [1.165, 1.54) is 55.0 Å². The van der Waals surface area contributed by atoms with Crippen molar-refractivity contribution in [1.82, 2.24) is 105 Å². The topological polar surface area (TPSA) is 356 Å². The maximum absolute atomic E-state index is 14.7. The average Bonchev–Trinajstić information content (AvgIpc) is 1.60. The number of anilines is 3. The summed E-state index contributed by atoms with van der Waals surface area (Å²) in [5.41, 5.74) is 2.06. The lowest BCUT2D eigenvalue weighted by molar-refractivity contribution is -0.127. The third-order valence-corrected chi connectivity index (χ3v) is 24.2. The van der Waals surface area contributed by atoms with Crippen LogP contribution in [0.15, 0.2) is 93.0 Å². The van der Waals surface area contributed by atoms with Gasteiger partial charge in [-0.15, -0.1) is 0 Å². The molecule has 6 fully saturated rings. The summed E-state index contributed by atoms with van der Waals surface area (Å²) in [6, 6.07) is 8.95. The Labute approximate surface area is 753 Å². The van der Waals surface area contributed by atoms with Crippen LogP contribution in [0.4, 0.5) is 30.6 Å². The first kappa shape index (κ1) is 89.1. The minimum Gasteiger partial charge on any atom is -0.458 e. The zero-order valence-electron chi connectivity index (χ0n) is 69.4. The second kappa shape index (κ2) is 38.3. The van der Waals surface area contributed by atoms with Gasteiger partial charge >= 0.3 is 18.0 Å². The zero-order chi connectivity index (χ0) is 89.3. The van der Waals surface area contributed by atoms with Gasteiger partial charge in [0.2, 0.25) is 35.4 Å². The Bertz CT molecular complexity index is 6000. The second-order valence-corrected chi connectivity index (χ2v) is 33.2. The molecule has 0 bridgehead atoms. The standard InChI is InChI=1S/C28H29Cl2FN8O4.C28H29Cl2FN8O3.C27H27Cl2FN8O4/c1-4-22(40)38-6-8-39(9-7-38)26-15-10-21(29)33-27(43-25-16-12-32-36-18(16)11-17(31)23(25)30)24(15)34-28(35-26)42-20-14-37(3)13-19(20)41-5-2;1-4-15-13-37(3)14-20(15)41-28-34-24-16(26(35-28)39-8-6-38(7-9-39)22(40)5-2)10-21(29)33-27(24)42-25-17-12-32-36-19(17)11-18(31)23(25)30;1-4-21(39)37-5-7-38(8-6-37)25-14-9-20(28)32-26(42-24-15-11-31-35-17(15)10-16(30)22(24)29)23(14)33-27(34-25)41-19-13-40-12-18(19)36(2)3/h4,10-12,19-20H,1,5-9,13-14H2,2-3H3,(H,32,36);5,10-12,15,20H,2,4,6-9,13-14H2,1,3H3,(H,32,36);4,9-11,18-19H,1,5-8,12-13H2,2-3H3,(H,31,35)/t19-,20-;15-,20?;18-,19?/m111/s1. The second-order valence-electron chi connectivity index (χ2n) is 30.9. The zero-order valence-corrected chi connectivity index (χ0v) is 74.0. The van der Waals surface area contributed by atoms with E-state index in [1.54, 1.807) is 32.9 Å². The third-order valence-electron chi connectivity index (χ3n) is 22.6. The van der Waals surface area contributed by atoms with Crippen molar-refractivity contribution in [3.8, 4) is 52.9 Å². The molecular weight excluding hydrogens is 1780 g/mol. The highest BCUT2D eigenvalue weighted by Gasteiger charge is 2.39. The molecule has 2 unspecified atom stereocenters. The molecule has 3 aromatic carbocycles. The van der Waals surface area contributed by atoms with Crippen LogP contribution in [0.1, 0.15) is 20.3 Å².